The average Bonchev–Trinajstić information content (AvgIpc) is 1.83. The molecule has 0 saturated heterocycles. The SMILES string of the molecule is COCCC(C)NCl. The summed E-state index contributed by atoms with van der Waals surface area (Å²) in [5.74, 6) is 0. The summed E-state index contributed by atoms with van der Waals surface area (Å²) in [6.07, 6.45) is 0.958. The van der Waals surface area contributed by atoms with Gasteiger partial charge >= 0.3 is 0 Å². The molecule has 1 unspecified atom stereocenters. The first-order valence-corrected chi connectivity index (χ1v) is 3.04. The lowest BCUT2D eigenvalue weighted by Gasteiger charge is -2.05. The minimum atomic E-state index is 0.344. The van der Waals surface area contributed by atoms with Gasteiger partial charge in [0.05, 0.1) is 0 Å². The van der Waals surface area contributed by atoms with E-state index in [9.17, 15) is 0 Å². The fourth-order valence-electron chi connectivity index (χ4n) is 0.349. The maximum Gasteiger partial charge on any atom is 0.0477 e. The van der Waals surface area contributed by atoms with Crippen LogP contribution in [0.25, 0.3) is 0 Å². The summed E-state index contributed by atoms with van der Waals surface area (Å²) in [6, 6.07) is 0.344. The van der Waals surface area contributed by atoms with Gasteiger partial charge in [0.15, 0.2) is 0 Å². The van der Waals surface area contributed by atoms with E-state index >= 15 is 0 Å². The number of rotatable bonds is 4. The summed E-state index contributed by atoms with van der Waals surface area (Å²) >= 11 is 5.28. The van der Waals surface area contributed by atoms with E-state index in [2.05, 4.69) is 4.84 Å². The van der Waals surface area contributed by atoms with E-state index < -0.39 is 0 Å². The Labute approximate surface area is 55.3 Å². The third kappa shape index (κ3) is 4.37. The second-order valence-corrected chi connectivity index (χ2v) is 2.01. The molecule has 0 aliphatic rings. The van der Waals surface area contributed by atoms with E-state index in [4.69, 9.17) is 16.5 Å². The first kappa shape index (κ1) is 8.21. The summed E-state index contributed by atoms with van der Waals surface area (Å²) in [5.41, 5.74) is 0. The van der Waals surface area contributed by atoms with Gasteiger partial charge in [-0.05, 0) is 25.1 Å². The third-order valence-electron chi connectivity index (χ3n) is 0.941. The normalized spacial score (nSPS) is 13.9. The molecule has 3 heteroatoms. The molecule has 1 atom stereocenters. The summed E-state index contributed by atoms with van der Waals surface area (Å²) in [7, 11) is 1.68. The zero-order chi connectivity index (χ0) is 6.41. The van der Waals surface area contributed by atoms with E-state index in [0.29, 0.717) is 6.04 Å². The molecule has 0 radical (unpaired) electrons. The van der Waals surface area contributed by atoms with Gasteiger partial charge in [0.1, 0.15) is 0 Å². The van der Waals surface area contributed by atoms with Crippen molar-refractivity contribution in [3.63, 3.8) is 0 Å². The van der Waals surface area contributed by atoms with E-state index in [-0.39, 0.29) is 0 Å². The van der Waals surface area contributed by atoms with Crippen LogP contribution in [0.1, 0.15) is 13.3 Å². The molecule has 0 saturated carbocycles. The number of hydrogen-bond acceptors (Lipinski definition) is 2. The Balaban J connectivity index is 2.86. The van der Waals surface area contributed by atoms with Gasteiger partial charge in [-0.1, -0.05) is 0 Å². The van der Waals surface area contributed by atoms with Crippen molar-refractivity contribution >= 4 is 11.8 Å². The predicted molar refractivity (Wildman–Crippen MR) is 34.9 cm³/mol. The number of ether oxygens (including phenoxy) is 1. The Morgan fingerprint density at radius 1 is 1.75 bits per heavy atom. The molecule has 0 heterocycles. The molecule has 0 spiro atoms. The minimum absolute atomic E-state index is 0.344. The van der Waals surface area contributed by atoms with Crippen molar-refractivity contribution in [1.29, 1.82) is 0 Å². The molecule has 0 aromatic rings. The fourth-order valence-corrected chi connectivity index (χ4v) is 0.458. The van der Waals surface area contributed by atoms with Gasteiger partial charge in [0.25, 0.3) is 0 Å². The number of halogens is 1. The Morgan fingerprint density at radius 2 is 2.38 bits per heavy atom. The van der Waals surface area contributed by atoms with Crippen LogP contribution in [0.15, 0.2) is 0 Å². The van der Waals surface area contributed by atoms with E-state index in [1.165, 1.54) is 0 Å². The predicted octanol–water partition coefficient (Wildman–Crippen LogP) is 1.15. The van der Waals surface area contributed by atoms with Crippen molar-refractivity contribution in [3.05, 3.63) is 0 Å². The number of hydrogen-bond donors (Lipinski definition) is 1. The van der Waals surface area contributed by atoms with Crippen molar-refractivity contribution in [3.8, 4) is 0 Å². The molecule has 0 amide bonds. The van der Waals surface area contributed by atoms with Gasteiger partial charge in [0, 0.05) is 19.8 Å². The first-order valence-electron chi connectivity index (χ1n) is 2.66. The van der Waals surface area contributed by atoms with Crippen molar-refractivity contribution in [1.82, 2.24) is 4.84 Å². The highest BCUT2D eigenvalue weighted by atomic mass is 35.5. The lowest BCUT2D eigenvalue weighted by Crippen LogP contribution is -2.17. The highest BCUT2D eigenvalue weighted by Crippen LogP contribution is 1.90. The van der Waals surface area contributed by atoms with Crippen LogP contribution in [-0.2, 0) is 4.74 Å². The standard InChI is InChI=1S/C5H12ClNO/c1-5(7-6)3-4-8-2/h5,7H,3-4H2,1-2H3. The van der Waals surface area contributed by atoms with E-state index in [1.807, 2.05) is 6.92 Å². The number of nitrogens with one attached hydrogen (secondary N) is 1. The topological polar surface area (TPSA) is 21.3 Å². The quantitative estimate of drug-likeness (QED) is 0.587. The Bertz CT molecular complexity index is 51.7. The largest absolute Gasteiger partial charge is 0.385 e. The van der Waals surface area contributed by atoms with Gasteiger partial charge in [-0.3, -0.25) is 0 Å². The second kappa shape index (κ2) is 5.35. The molecule has 0 aliphatic carbocycles. The van der Waals surface area contributed by atoms with Crippen molar-refractivity contribution in [2.24, 2.45) is 0 Å². The Hall–Kier alpha value is 0.210. The molecule has 0 bridgehead atoms. The molecule has 2 nitrogen and oxygen atoms in total. The summed E-state index contributed by atoms with van der Waals surface area (Å²) in [5, 5.41) is 0. The van der Waals surface area contributed by atoms with Crippen LogP contribution >= 0.6 is 11.8 Å². The monoisotopic (exact) mass is 137 g/mol. The molecule has 0 aromatic carbocycles. The van der Waals surface area contributed by atoms with E-state index in [0.717, 1.165) is 13.0 Å². The van der Waals surface area contributed by atoms with Crippen LogP contribution in [0, 0.1) is 0 Å². The average molecular weight is 138 g/mol. The molecule has 8 heavy (non-hydrogen) atoms. The lowest BCUT2D eigenvalue weighted by molar-refractivity contribution is 0.188. The molecule has 0 aliphatic heterocycles. The van der Waals surface area contributed by atoms with Gasteiger partial charge in [-0.25, -0.2) is 4.84 Å². The Morgan fingerprint density at radius 3 is 2.75 bits per heavy atom. The van der Waals surface area contributed by atoms with Gasteiger partial charge < -0.3 is 4.74 Å². The van der Waals surface area contributed by atoms with Crippen molar-refractivity contribution in [2.75, 3.05) is 13.7 Å². The van der Waals surface area contributed by atoms with Gasteiger partial charge in [0.2, 0.25) is 0 Å². The smallest absolute Gasteiger partial charge is 0.0477 e. The first-order chi connectivity index (χ1) is 3.81. The minimum Gasteiger partial charge on any atom is -0.385 e. The van der Waals surface area contributed by atoms with Crippen molar-refractivity contribution < 1.29 is 4.74 Å². The zero-order valence-corrected chi connectivity index (χ0v) is 6.03. The third-order valence-corrected chi connectivity index (χ3v) is 1.31. The molecule has 0 fully saturated rings. The van der Waals surface area contributed by atoms with Crippen LogP contribution in [-0.4, -0.2) is 19.8 Å². The van der Waals surface area contributed by atoms with Crippen molar-refractivity contribution in [2.45, 2.75) is 19.4 Å². The van der Waals surface area contributed by atoms with Gasteiger partial charge in [-0.2, -0.15) is 0 Å². The maximum atomic E-state index is 5.28. The lowest BCUT2D eigenvalue weighted by atomic mass is 10.3. The maximum absolute atomic E-state index is 5.28. The molecular weight excluding hydrogens is 126 g/mol. The highest BCUT2D eigenvalue weighted by molar-refractivity contribution is 6.13. The Kier molecular flexibility index (Phi) is 5.49. The van der Waals surface area contributed by atoms with Crippen LogP contribution in [0.5, 0.6) is 0 Å². The number of methoxy groups -OCH3 is 1. The summed E-state index contributed by atoms with van der Waals surface area (Å²) < 4.78 is 4.82. The van der Waals surface area contributed by atoms with Crippen LogP contribution in [0.3, 0.4) is 0 Å². The zero-order valence-electron chi connectivity index (χ0n) is 5.28. The molecule has 50 valence electrons. The second-order valence-electron chi connectivity index (χ2n) is 1.79. The highest BCUT2D eigenvalue weighted by Gasteiger charge is 1.95. The van der Waals surface area contributed by atoms with E-state index in [1.54, 1.807) is 7.11 Å². The van der Waals surface area contributed by atoms with Gasteiger partial charge in [-0.15, -0.1) is 0 Å². The summed E-state index contributed by atoms with van der Waals surface area (Å²) in [6.45, 7) is 2.77. The van der Waals surface area contributed by atoms with Crippen LogP contribution < -0.4 is 4.84 Å². The fraction of sp³-hybridized carbons (Fsp3) is 1.00. The molecule has 1 N–H and O–H groups in total. The molecule has 0 rings (SSSR count). The van der Waals surface area contributed by atoms with Crippen LogP contribution in [0.2, 0.25) is 0 Å². The van der Waals surface area contributed by atoms with Crippen LogP contribution in [0.4, 0.5) is 0 Å². The molecular formula is C5H12ClNO. The summed E-state index contributed by atoms with van der Waals surface area (Å²) in [4.78, 5) is 2.59. The molecule has 0 aromatic heterocycles.